The average Bonchev–Trinajstić information content (AvgIpc) is 2.34. The summed E-state index contributed by atoms with van der Waals surface area (Å²) in [5.74, 6) is -1.46. The Balaban J connectivity index is 2.72. The van der Waals surface area contributed by atoms with Crippen LogP contribution >= 0.6 is 0 Å². The average molecular weight is 256 g/mol. The van der Waals surface area contributed by atoms with E-state index in [2.05, 4.69) is 5.32 Å². The van der Waals surface area contributed by atoms with Gasteiger partial charge in [-0.1, -0.05) is 0 Å². The number of nitro groups is 1. The third-order valence-electron chi connectivity index (χ3n) is 2.22. The number of benzene rings is 1. The first-order chi connectivity index (χ1) is 8.56. The van der Waals surface area contributed by atoms with Gasteiger partial charge >= 0.3 is 0 Å². The largest absolute Gasteiger partial charge is 0.385 e. The van der Waals surface area contributed by atoms with E-state index >= 15 is 0 Å². The molecule has 0 aliphatic carbocycles. The van der Waals surface area contributed by atoms with Gasteiger partial charge in [-0.2, -0.15) is 0 Å². The molecular weight excluding hydrogens is 243 g/mol. The number of nitrogens with one attached hydrogen (secondary N) is 1. The Morgan fingerprint density at radius 1 is 1.56 bits per heavy atom. The number of amides is 1. The summed E-state index contributed by atoms with van der Waals surface area (Å²) in [6, 6.07) is 2.83. The highest BCUT2D eigenvalue weighted by atomic mass is 19.1. The number of hydrogen-bond acceptors (Lipinski definition) is 4. The van der Waals surface area contributed by atoms with Gasteiger partial charge in [0.05, 0.1) is 10.5 Å². The van der Waals surface area contributed by atoms with Crippen LogP contribution in [0, 0.1) is 15.9 Å². The van der Waals surface area contributed by atoms with Crippen LogP contribution in [0.4, 0.5) is 10.1 Å². The zero-order valence-corrected chi connectivity index (χ0v) is 9.81. The fourth-order valence-corrected chi connectivity index (χ4v) is 1.31. The van der Waals surface area contributed by atoms with E-state index < -0.39 is 16.6 Å². The van der Waals surface area contributed by atoms with Crippen molar-refractivity contribution in [2.24, 2.45) is 0 Å². The lowest BCUT2D eigenvalue weighted by Crippen LogP contribution is -2.26. The van der Waals surface area contributed by atoms with Crippen molar-refractivity contribution in [1.29, 1.82) is 0 Å². The molecule has 0 saturated carbocycles. The summed E-state index contributed by atoms with van der Waals surface area (Å²) < 4.78 is 18.1. The van der Waals surface area contributed by atoms with Crippen LogP contribution in [0.2, 0.25) is 0 Å². The summed E-state index contributed by atoms with van der Waals surface area (Å²) in [4.78, 5) is 21.4. The molecule has 0 unspecified atom stereocenters. The molecule has 0 bridgehead atoms. The Bertz CT molecular complexity index is 451. The Kier molecular flexibility index (Phi) is 5.19. The number of ether oxygens (including phenoxy) is 1. The zero-order valence-electron chi connectivity index (χ0n) is 9.81. The highest BCUT2D eigenvalue weighted by Crippen LogP contribution is 2.16. The first-order valence-electron chi connectivity index (χ1n) is 5.27. The van der Waals surface area contributed by atoms with Gasteiger partial charge in [0.2, 0.25) is 0 Å². The van der Waals surface area contributed by atoms with E-state index in [4.69, 9.17) is 4.74 Å². The van der Waals surface area contributed by atoms with Crippen LogP contribution in [0.3, 0.4) is 0 Å². The minimum Gasteiger partial charge on any atom is -0.385 e. The van der Waals surface area contributed by atoms with E-state index in [1.165, 1.54) is 7.11 Å². The van der Waals surface area contributed by atoms with Gasteiger partial charge in [-0.25, -0.2) is 4.39 Å². The van der Waals surface area contributed by atoms with Crippen LogP contribution in [-0.4, -0.2) is 31.1 Å². The van der Waals surface area contributed by atoms with E-state index in [0.717, 1.165) is 18.2 Å². The highest BCUT2D eigenvalue weighted by Gasteiger charge is 2.16. The SMILES string of the molecule is COCCCNC(=O)c1cc([N+](=O)[O-])ccc1F. The molecule has 0 spiro atoms. The topological polar surface area (TPSA) is 81.5 Å². The lowest BCUT2D eigenvalue weighted by molar-refractivity contribution is -0.384. The van der Waals surface area contributed by atoms with E-state index in [0.29, 0.717) is 19.6 Å². The number of carbonyl (C=O) groups is 1. The molecule has 0 radical (unpaired) electrons. The molecule has 0 aromatic heterocycles. The van der Waals surface area contributed by atoms with Crippen molar-refractivity contribution < 1.29 is 18.8 Å². The molecule has 6 nitrogen and oxygen atoms in total. The second-order valence-electron chi connectivity index (χ2n) is 3.52. The zero-order chi connectivity index (χ0) is 13.5. The number of rotatable bonds is 6. The van der Waals surface area contributed by atoms with Gasteiger partial charge in [-0.15, -0.1) is 0 Å². The smallest absolute Gasteiger partial charge is 0.270 e. The summed E-state index contributed by atoms with van der Waals surface area (Å²) in [6.07, 6.45) is 0.582. The normalized spacial score (nSPS) is 10.1. The second-order valence-corrected chi connectivity index (χ2v) is 3.52. The van der Waals surface area contributed by atoms with Crippen LogP contribution in [0.15, 0.2) is 18.2 Å². The van der Waals surface area contributed by atoms with Crippen LogP contribution in [0.25, 0.3) is 0 Å². The fraction of sp³-hybridized carbons (Fsp3) is 0.364. The molecule has 1 rings (SSSR count). The fourth-order valence-electron chi connectivity index (χ4n) is 1.31. The van der Waals surface area contributed by atoms with Gasteiger partial charge in [0, 0.05) is 32.4 Å². The molecule has 0 atom stereocenters. The summed E-state index contributed by atoms with van der Waals surface area (Å²) in [5, 5.41) is 13.0. The van der Waals surface area contributed by atoms with Gasteiger partial charge < -0.3 is 10.1 Å². The van der Waals surface area contributed by atoms with Gasteiger partial charge in [-0.05, 0) is 12.5 Å². The number of non-ortho nitro benzene ring substituents is 1. The minimum atomic E-state index is -0.787. The maximum atomic E-state index is 13.4. The Hall–Kier alpha value is -2.02. The van der Waals surface area contributed by atoms with Gasteiger partial charge in [0.1, 0.15) is 5.82 Å². The third-order valence-corrected chi connectivity index (χ3v) is 2.22. The van der Waals surface area contributed by atoms with Crippen LogP contribution < -0.4 is 5.32 Å². The molecule has 7 heteroatoms. The molecule has 0 heterocycles. The molecule has 0 saturated heterocycles. The molecule has 98 valence electrons. The van der Waals surface area contributed by atoms with Crippen molar-refractivity contribution in [2.45, 2.75) is 6.42 Å². The Labute approximate surface area is 103 Å². The number of nitro benzene ring substituents is 1. The molecule has 0 fully saturated rings. The maximum Gasteiger partial charge on any atom is 0.270 e. The number of methoxy groups -OCH3 is 1. The minimum absolute atomic E-state index is 0.314. The molecule has 1 aromatic rings. The lowest BCUT2D eigenvalue weighted by atomic mass is 10.1. The molecule has 1 aromatic carbocycles. The van der Waals surface area contributed by atoms with Gasteiger partial charge in [-0.3, -0.25) is 14.9 Å². The summed E-state index contributed by atoms with van der Waals surface area (Å²) >= 11 is 0. The van der Waals surface area contributed by atoms with E-state index in [1.807, 2.05) is 0 Å². The molecule has 1 amide bonds. The third kappa shape index (κ3) is 3.77. The van der Waals surface area contributed by atoms with Crippen molar-refractivity contribution in [3.63, 3.8) is 0 Å². The van der Waals surface area contributed by atoms with Crippen molar-refractivity contribution in [1.82, 2.24) is 5.32 Å². The van der Waals surface area contributed by atoms with Crippen LogP contribution in [0.1, 0.15) is 16.8 Å². The van der Waals surface area contributed by atoms with Crippen LogP contribution in [-0.2, 0) is 4.74 Å². The van der Waals surface area contributed by atoms with Gasteiger partial charge in [0.25, 0.3) is 11.6 Å². The highest BCUT2D eigenvalue weighted by molar-refractivity contribution is 5.95. The number of halogens is 1. The van der Waals surface area contributed by atoms with Crippen molar-refractivity contribution in [3.8, 4) is 0 Å². The Morgan fingerprint density at radius 2 is 2.28 bits per heavy atom. The predicted molar refractivity (Wildman–Crippen MR) is 61.9 cm³/mol. The Morgan fingerprint density at radius 3 is 2.89 bits per heavy atom. The number of nitrogens with zero attached hydrogens (tertiary/aromatic N) is 1. The van der Waals surface area contributed by atoms with Crippen LogP contribution in [0.5, 0.6) is 0 Å². The lowest BCUT2D eigenvalue weighted by Gasteiger charge is -2.05. The van der Waals surface area contributed by atoms with Crippen molar-refractivity contribution in [3.05, 3.63) is 39.7 Å². The quantitative estimate of drug-likeness (QED) is 0.475. The predicted octanol–water partition coefficient (Wildman–Crippen LogP) is 1.50. The molecule has 1 N–H and O–H groups in total. The molecular formula is C11H13FN2O4. The summed E-state index contributed by atoms with van der Waals surface area (Å²) in [7, 11) is 1.53. The molecule has 0 aliphatic heterocycles. The summed E-state index contributed by atoms with van der Waals surface area (Å²) in [5.41, 5.74) is -0.653. The number of carbonyl (C=O) groups excluding carboxylic acids is 1. The maximum absolute atomic E-state index is 13.4. The first-order valence-corrected chi connectivity index (χ1v) is 5.27. The van der Waals surface area contributed by atoms with Crippen molar-refractivity contribution in [2.75, 3.05) is 20.3 Å². The molecule has 18 heavy (non-hydrogen) atoms. The van der Waals surface area contributed by atoms with E-state index in [9.17, 15) is 19.3 Å². The van der Waals surface area contributed by atoms with Crippen molar-refractivity contribution >= 4 is 11.6 Å². The number of hydrogen-bond donors (Lipinski definition) is 1. The van der Waals surface area contributed by atoms with E-state index in [1.54, 1.807) is 0 Å². The summed E-state index contributed by atoms with van der Waals surface area (Å²) in [6.45, 7) is 0.784. The van der Waals surface area contributed by atoms with E-state index in [-0.39, 0.29) is 11.3 Å². The standard InChI is InChI=1S/C11H13FN2O4/c1-18-6-2-5-13-11(15)9-7-8(14(16)17)3-4-10(9)12/h3-4,7H,2,5-6H2,1H3,(H,13,15). The monoisotopic (exact) mass is 256 g/mol. The van der Waals surface area contributed by atoms with Gasteiger partial charge in [0.15, 0.2) is 0 Å². The second kappa shape index (κ2) is 6.65. The first kappa shape index (κ1) is 14.0. The molecule has 0 aliphatic rings.